The van der Waals surface area contributed by atoms with Crippen LogP contribution in [0.5, 0.6) is 0 Å². The molecular weight excluding hydrogens is 327 g/mol. The van der Waals surface area contributed by atoms with Crippen LogP contribution in [0.25, 0.3) is 0 Å². The van der Waals surface area contributed by atoms with E-state index in [0.717, 1.165) is 12.8 Å². The second-order valence-corrected chi connectivity index (χ2v) is 9.76. The first-order chi connectivity index (χ1) is 11.8. The first-order valence-corrected chi connectivity index (χ1v) is 10.7. The van der Waals surface area contributed by atoms with Gasteiger partial charge in [0.25, 0.3) is 0 Å². The van der Waals surface area contributed by atoms with Gasteiger partial charge in [0.05, 0.1) is 15.8 Å². The average molecular weight is 362 g/mol. The van der Waals surface area contributed by atoms with E-state index in [1.54, 1.807) is 0 Å². The fraction of sp³-hybridized carbons (Fsp3) is 0.714. The summed E-state index contributed by atoms with van der Waals surface area (Å²) in [6, 6.07) is 10.7. The lowest BCUT2D eigenvalue weighted by Crippen LogP contribution is -2.46. The van der Waals surface area contributed by atoms with Crippen LogP contribution in [0.1, 0.15) is 80.1 Å². The molecule has 0 aliphatic carbocycles. The molecule has 0 bridgehead atoms. The molecule has 1 heterocycles. The van der Waals surface area contributed by atoms with Crippen LogP contribution in [0.4, 0.5) is 0 Å². The maximum atomic E-state index is 6.55. The van der Waals surface area contributed by atoms with Crippen LogP contribution in [0.15, 0.2) is 35.2 Å². The smallest absolute Gasteiger partial charge is 0.402 e. The lowest BCUT2D eigenvalue weighted by molar-refractivity contribution is 0.00578. The Bertz CT molecular complexity index is 506. The minimum atomic E-state index is -0.279. The van der Waals surface area contributed by atoms with Crippen molar-refractivity contribution in [3.63, 3.8) is 0 Å². The second kappa shape index (κ2) is 8.50. The predicted molar refractivity (Wildman–Crippen MR) is 110 cm³/mol. The van der Waals surface area contributed by atoms with Gasteiger partial charge in [-0.25, -0.2) is 0 Å². The minimum Gasteiger partial charge on any atom is -0.402 e. The molecule has 2 nitrogen and oxygen atoms in total. The van der Waals surface area contributed by atoms with Gasteiger partial charge in [0.15, 0.2) is 0 Å². The summed E-state index contributed by atoms with van der Waals surface area (Å²) < 4.78 is 13.1. The quantitative estimate of drug-likeness (QED) is 0.367. The second-order valence-electron chi connectivity index (χ2n) is 8.28. The molecule has 0 aromatic heterocycles. The van der Waals surface area contributed by atoms with Gasteiger partial charge in [0, 0.05) is 4.90 Å². The number of unbranched alkanes of at least 4 members (excludes halogenated alkanes) is 2. The van der Waals surface area contributed by atoms with E-state index < -0.39 is 0 Å². The summed E-state index contributed by atoms with van der Waals surface area (Å²) in [5.74, 6) is 0. The summed E-state index contributed by atoms with van der Waals surface area (Å²) in [6.07, 6.45) is 7.05. The molecule has 0 spiro atoms. The van der Waals surface area contributed by atoms with Gasteiger partial charge >= 0.3 is 7.12 Å². The van der Waals surface area contributed by atoms with E-state index in [9.17, 15) is 0 Å². The monoisotopic (exact) mass is 362 g/mol. The number of thioether (sulfide) groups is 1. The minimum absolute atomic E-state index is 0.0294. The summed E-state index contributed by atoms with van der Waals surface area (Å²) >= 11 is 1.96. The Labute approximate surface area is 159 Å². The highest BCUT2D eigenvalue weighted by Crippen LogP contribution is 2.49. The molecule has 0 unspecified atom stereocenters. The van der Waals surface area contributed by atoms with E-state index in [0.29, 0.717) is 0 Å². The molecule has 25 heavy (non-hydrogen) atoms. The zero-order valence-corrected chi connectivity index (χ0v) is 17.7. The van der Waals surface area contributed by atoms with Crippen molar-refractivity contribution >= 4 is 18.9 Å². The Balaban J connectivity index is 2.35. The molecule has 1 aliphatic rings. The number of hydrogen-bond donors (Lipinski definition) is 0. The van der Waals surface area contributed by atoms with Gasteiger partial charge in [-0.3, -0.25) is 0 Å². The van der Waals surface area contributed by atoms with Crippen LogP contribution >= 0.6 is 11.8 Å². The molecular formula is C21H35BO2S. The Hall–Kier alpha value is -0.445. The van der Waals surface area contributed by atoms with Gasteiger partial charge in [0.2, 0.25) is 0 Å². The third kappa shape index (κ3) is 4.84. The van der Waals surface area contributed by atoms with Gasteiger partial charge < -0.3 is 9.31 Å². The van der Waals surface area contributed by atoms with E-state index in [1.807, 2.05) is 11.8 Å². The molecule has 4 heteroatoms. The third-order valence-electron chi connectivity index (χ3n) is 5.65. The van der Waals surface area contributed by atoms with Crippen molar-refractivity contribution in [1.29, 1.82) is 0 Å². The molecule has 1 fully saturated rings. The Morgan fingerprint density at radius 3 is 1.80 bits per heavy atom. The SMILES string of the molecule is CCCCC(CCCC)(Sc1ccccc1)B1OC(C)(C)C(C)(C)O1. The van der Waals surface area contributed by atoms with Crippen molar-refractivity contribution in [1.82, 2.24) is 0 Å². The predicted octanol–water partition coefficient (Wildman–Crippen LogP) is 6.53. The third-order valence-corrected chi connectivity index (χ3v) is 7.17. The molecule has 0 atom stereocenters. The van der Waals surface area contributed by atoms with Crippen LogP contribution in [-0.2, 0) is 9.31 Å². The van der Waals surface area contributed by atoms with Gasteiger partial charge in [-0.15, -0.1) is 11.8 Å². The molecule has 0 radical (unpaired) electrons. The Kier molecular flexibility index (Phi) is 7.09. The van der Waals surface area contributed by atoms with Crippen LogP contribution in [0.3, 0.4) is 0 Å². The summed E-state index contributed by atoms with van der Waals surface area (Å²) in [5.41, 5.74) is -0.558. The highest BCUT2D eigenvalue weighted by atomic mass is 32.2. The summed E-state index contributed by atoms with van der Waals surface area (Å²) in [7, 11) is -0.166. The van der Waals surface area contributed by atoms with Gasteiger partial charge in [-0.05, 0) is 52.7 Å². The molecule has 1 aromatic carbocycles. The summed E-state index contributed by atoms with van der Waals surface area (Å²) in [4.78, 5) is 1.31. The van der Waals surface area contributed by atoms with E-state index in [1.165, 1.54) is 30.6 Å². The van der Waals surface area contributed by atoms with Gasteiger partial charge in [0.1, 0.15) is 0 Å². The molecule has 0 amide bonds. The van der Waals surface area contributed by atoms with Gasteiger partial charge in [-0.1, -0.05) is 57.7 Å². The lowest BCUT2D eigenvalue weighted by atomic mass is 9.65. The lowest BCUT2D eigenvalue weighted by Gasteiger charge is -2.35. The van der Waals surface area contributed by atoms with Crippen molar-refractivity contribution in [2.24, 2.45) is 0 Å². The Morgan fingerprint density at radius 1 is 0.880 bits per heavy atom. The van der Waals surface area contributed by atoms with Crippen molar-refractivity contribution < 1.29 is 9.31 Å². The van der Waals surface area contributed by atoms with Gasteiger partial charge in [-0.2, -0.15) is 0 Å². The summed E-state index contributed by atoms with van der Waals surface area (Å²) in [6.45, 7) is 13.2. The molecule has 2 rings (SSSR count). The maximum Gasteiger partial charge on any atom is 0.475 e. The van der Waals surface area contributed by atoms with Crippen molar-refractivity contribution in [3.8, 4) is 0 Å². The van der Waals surface area contributed by atoms with Crippen molar-refractivity contribution in [3.05, 3.63) is 30.3 Å². The first kappa shape index (κ1) is 20.9. The Morgan fingerprint density at radius 2 is 1.36 bits per heavy atom. The fourth-order valence-corrected chi connectivity index (χ4v) is 4.69. The fourth-order valence-electron chi connectivity index (χ4n) is 3.24. The van der Waals surface area contributed by atoms with E-state index in [2.05, 4.69) is 71.9 Å². The van der Waals surface area contributed by atoms with Crippen molar-refractivity contribution in [2.45, 2.75) is 101 Å². The average Bonchev–Trinajstić information content (AvgIpc) is 2.79. The molecule has 0 saturated carbocycles. The normalized spacial score (nSPS) is 19.4. The molecule has 1 aliphatic heterocycles. The first-order valence-electron chi connectivity index (χ1n) is 9.86. The van der Waals surface area contributed by atoms with E-state index in [-0.39, 0.29) is 23.0 Å². The number of hydrogen-bond acceptors (Lipinski definition) is 3. The van der Waals surface area contributed by atoms with Crippen molar-refractivity contribution in [2.75, 3.05) is 0 Å². The largest absolute Gasteiger partial charge is 0.475 e. The summed E-state index contributed by atoms with van der Waals surface area (Å²) in [5, 5.41) is 0. The highest BCUT2D eigenvalue weighted by Gasteiger charge is 2.59. The molecule has 0 N–H and O–H groups in total. The van der Waals surface area contributed by atoms with Crippen LogP contribution in [-0.4, -0.2) is 23.0 Å². The zero-order valence-electron chi connectivity index (χ0n) is 16.9. The highest BCUT2D eigenvalue weighted by molar-refractivity contribution is 8.02. The zero-order chi connectivity index (χ0) is 18.6. The number of benzene rings is 1. The number of rotatable bonds is 9. The van der Waals surface area contributed by atoms with E-state index >= 15 is 0 Å². The molecule has 1 aromatic rings. The standard InChI is InChI=1S/C21H35BO2S/c1-7-9-16-21(17-10-8-2,25-18-14-12-11-13-15-18)22-23-19(3,4)20(5,6)24-22/h11-15H,7-10,16-17H2,1-6H3. The van der Waals surface area contributed by atoms with Crippen LogP contribution < -0.4 is 0 Å². The van der Waals surface area contributed by atoms with E-state index in [4.69, 9.17) is 9.31 Å². The maximum absolute atomic E-state index is 6.55. The van der Waals surface area contributed by atoms with Crippen LogP contribution in [0.2, 0.25) is 0 Å². The van der Waals surface area contributed by atoms with Crippen LogP contribution in [0, 0.1) is 0 Å². The molecule has 1 saturated heterocycles. The molecule has 140 valence electrons. The topological polar surface area (TPSA) is 18.5 Å².